The minimum absolute atomic E-state index is 0.480. The third-order valence-electron chi connectivity index (χ3n) is 3.95. The van der Waals surface area contributed by atoms with Crippen LogP contribution in [0.15, 0.2) is 48.5 Å². The second-order valence-corrected chi connectivity index (χ2v) is 6.15. The first kappa shape index (κ1) is 16.9. The summed E-state index contributed by atoms with van der Waals surface area (Å²) in [5.41, 5.74) is 3.95. The van der Waals surface area contributed by atoms with Crippen molar-refractivity contribution in [1.29, 1.82) is 0 Å². The Morgan fingerprint density at radius 3 is 2.09 bits per heavy atom. The molecule has 0 aliphatic heterocycles. The van der Waals surface area contributed by atoms with Crippen LogP contribution in [0.3, 0.4) is 0 Å². The fraction of sp³-hybridized carbons (Fsp3) is 0.316. The summed E-state index contributed by atoms with van der Waals surface area (Å²) in [7, 11) is 7.87. The number of aliphatic carboxylic acids is 1. The molecule has 0 fully saturated rings. The molecule has 122 valence electrons. The Bertz CT molecular complexity index is 681. The van der Waals surface area contributed by atoms with Crippen molar-refractivity contribution in [2.75, 3.05) is 38.0 Å². The summed E-state index contributed by atoms with van der Waals surface area (Å²) in [6.45, 7) is 0. The van der Waals surface area contributed by atoms with Crippen LogP contribution in [0.4, 0.5) is 11.4 Å². The van der Waals surface area contributed by atoms with Gasteiger partial charge in [-0.2, -0.15) is 0 Å². The van der Waals surface area contributed by atoms with E-state index >= 15 is 0 Å². The lowest BCUT2D eigenvalue weighted by atomic mass is 9.91. The standard InChI is InChI=1S/C19H24N2O2/c1-20(2)16-9-5-7-14(11-16)12-18(19(22)23)15-8-6-10-17(13-15)21(3)4/h5-11,13,18H,12H2,1-4H3,(H,22,23). The van der Waals surface area contributed by atoms with Crippen LogP contribution in [-0.4, -0.2) is 39.3 Å². The van der Waals surface area contributed by atoms with Crippen LogP contribution in [-0.2, 0) is 11.2 Å². The third kappa shape index (κ3) is 4.25. The van der Waals surface area contributed by atoms with E-state index in [-0.39, 0.29) is 0 Å². The smallest absolute Gasteiger partial charge is 0.311 e. The number of hydrogen-bond donors (Lipinski definition) is 1. The monoisotopic (exact) mass is 312 g/mol. The highest BCUT2D eigenvalue weighted by atomic mass is 16.4. The highest BCUT2D eigenvalue weighted by molar-refractivity contribution is 5.77. The van der Waals surface area contributed by atoms with Crippen molar-refractivity contribution in [3.8, 4) is 0 Å². The van der Waals surface area contributed by atoms with Crippen LogP contribution in [0.2, 0.25) is 0 Å². The lowest BCUT2D eigenvalue weighted by Gasteiger charge is -2.18. The van der Waals surface area contributed by atoms with E-state index in [4.69, 9.17) is 0 Å². The molecule has 2 aromatic rings. The molecular weight excluding hydrogens is 288 g/mol. The van der Waals surface area contributed by atoms with Crippen LogP contribution in [0, 0.1) is 0 Å². The predicted molar refractivity (Wildman–Crippen MR) is 95.6 cm³/mol. The molecule has 4 nitrogen and oxygen atoms in total. The van der Waals surface area contributed by atoms with Gasteiger partial charge < -0.3 is 14.9 Å². The Kier molecular flexibility index (Phi) is 5.27. The van der Waals surface area contributed by atoms with E-state index in [9.17, 15) is 9.90 Å². The zero-order valence-electron chi connectivity index (χ0n) is 14.2. The third-order valence-corrected chi connectivity index (χ3v) is 3.95. The molecule has 4 heteroatoms. The first-order valence-corrected chi connectivity index (χ1v) is 7.65. The summed E-state index contributed by atoms with van der Waals surface area (Å²) in [6.07, 6.45) is 0.480. The normalized spacial score (nSPS) is 11.8. The van der Waals surface area contributed by atoms with Gasteiger partial charge in [-0.15, -0.1) is 0 Å². The van der Waals surface area contributed by atoms with Crippen molar-refractivity contribution in [3.63, 3.8) is 0 Å². The molecule has 0 saturated heterocycles. The number of carboxylic acid groups (broad SMARTS) is 1. The Hall–Kier alpha value is -2.49. The summed E-state index contributed by atoms with van der Waals surface area (Å²) < 4.78 is 0. The number of carboxylic acids is 1. The van der Waals surface area contributed by atoms with Crippen molar-refractivity contribution < 1.29 is 9.90 Å². The molecule has 0 aliphatic carbocycles. The summed E-state index contributed by atoms with van der Waals surface area (Å²) in [5, 5.41) is 9.67. The maximum absolute atomic E-state index is 11.8. The molecule has 0 spiro atoms. The Labute approximate surface area is 138 Å². The van der Waals surface area contributed by atoms with Crippen LogP contribution >= 0.6 is 0 Å². The molecule has 2 aromatic carbocycles. The van der Waals surface area contributed by atoms with Crippen molar-refractivity contribution in [2.24, 2.45) is 0 Å². The Balaban J connectivity index is 2.31. The van der Waals surface area contributed by atoms with Gasteiger partial charge in [0.1, 0.15) is 0 Å². The summed E-state index contributed by atoms with van der Waals surface area (Å²) >= 11 is 0. The van der Waals surface area contributed by atoms with Crippen molar-refractivity contribution in [3.05, 3.63) is 59.7 Å². The highest BCUT2D eigenvalue weighted by Crippen LogP contribution is 2.26. The van der Waals surface area contributed by atoms with Gasteiger partial charge in [0, 0.05) is 39.6 Å². The number of rotatable bonds is 6. The first-order chi connectivity index (χ1) is 10.9. The minimum Gasteiger partial charge on any atom is -0.481 e. The highest BCUT2D eigenvalue weighted by Gasteiger charge is 2.21. The van der Waals surface area contributed by atoms with E-state index in [1.54, 1.807) is 0 Å². The van der Waals surface area contributed by atoms with Crippen LogP contribution in [0.1, 0.15) is 17.0 Å². The molecule has 0 aliphatic rings. The average Bonchev–Trinajstić information content (AvgIpc) is 2.52. The summed E-state index contributed by atoms with van der Waals surface area (Å²) in [5.74, 6) is -1.34. The Morgan fingerprint density at radius 1 is 0.957 bits per heavy atom. The molecule has 0 saturated carbocycles. The number of benzene rings is 2. The van der Waals surface area contributed by atoms with Gasteiger partial charge in [0.05, 0.1) is 5.92 Å². The summed E-state index contributed by atoms with van der Waals surface area (Å²) in [4.78, 5) is 15.8. The van der Waals surface area contributed by atoms with Crippen molar-refractivity contribution in [2.45, 2.75) is 12.3 Å². The van der Waals surface area contributed by atoms with E-state index in [0.29, 0.717) is 6.42 Å². The number of nitrogens with zero attached hydrogens (tertiary/aromatic N) is 2. The van der Waals surface area contributed by atoms with E-state index in [1.807, 2.05) is 86.5 Å². The van der Waals surface area contributed by atoms with E-state index in [0.717, 1.165) is 22.5 Å². The lowest BCUT2D eigenvalue weighted by molar-refractivity contribution is -0.138. The maximum Gasteiger partial charge on any atom is 0.311 e. The van der Waals surface area contributed by atoms with Gasteiger partial charge in [0.15, 0.2) is 0 Å². The van der Waals surface area contributed by atoms with Crippen LogP contribution in [0.5, 0.6) is 0 Å². The molecule has 0 aromatic heterocycles. The van der Waals surface area contributed by atoms with Crippen molar-refractivity contribution >= 4 is 17.3 Å². The topological polar surface area (TPSA) is 43.8 Å². The van der Waals surface area contributed by atoms with Gasteiger partial charge in [-0.25, -0.2) is 0 Å². The van der Waals surface area contributed by atoms with Crippen LogP contribution in [0.25, 0.3) is 0 Å². The number of hydrogen-bond acceptors (Lipinski definition) is 3. The van der Waals surface area contributed by atoms with Gasteiger partial charge >= 0.3 is 5.97 Å². The second-order valence-electron chi connectivity index (χ2n) is 6.15. The lowest BCUT2D eigenvalue weighted by Crippen LogP contribution is -2.16. The van der Waals surface area contributed by atoms with Gasteiger partial charge in [-0.3, -0.25) is 4.79 Å². The molecule has 0 bridgehead atoms. The van der Waals surface area contributed by atoms with E-state index in [2.05, 4.69) is 0 Å². The molecule has 2 rings (SSSR count). The zero-order valence-corrected chi connectivity index (χ0v) is 14.2. The quantitative estimate of drug-likeness (QED) is 0.889. The van der Waals surface area contributed by atoms with Gasteiger partial charge in [0.25, 0.3) is 0 Å². The fourth-order valence-electron chi connectivity index (χ4n) is 2.56. The number of anilines is 2. The SMILES string of the molecule is CN(C)c1cccc(CC(C(=O)O)c2cccc(N(C)C)c2)c1. The van der Waals surface area contributed by atoms with E-state index in [1.165, 1.54) is 0 Å². The first-order valence-electron chi connectivity index (χ1n) is 7.65. The van der Waals surface area contributed by atoms with Crippen molar-refractivity contribution in [1.82, 2.24) is 0 Å². The van der Waals surface area contributed by atoms with Gasteiger partial charge in [0.2, 0.25) is 0 Å². The molecule has 0 amide bonds. The minimum atomic E-state index is -0.795. The molecule has 1 unspecified atom stereocenters. The fourth-order valence-corrected chi connectivity index (χ4v) is 2.56. The maximum atomic E-state index is 11.8. The Morgan fingerprint density at radius 2 is 1.52 bits per heavy atom. The summed E-state index contributed by atoms with van der Waals surface area (Å²) in [6, 6.07) is 15.8. The van der Waals surface area contributed by atoms with Gasteiger partial charge in [-0.05, 0) is 41.8 Å². The average molecular weight is 312 g/mol. The van der Waals surface area contributed by atoms with E-state index < -0.39 is 11.9 Å². The second kappa shape index (κ2) is 7.18. The largest absolute Gasteiger partial charge is 0.481 e. The van der Waals surface area contributed by atoms with Crippen LogP contribution < -0.4 is 9.80 Å². The predicted octanol–water partition coefficient (Wildman–Crippen LogP) is 3.23. The zero-order chi connectivity index (χ0) is 17.0. The molecule has 0 heterocycles. The molecule has 23 heavy (non-hydrogen) atoms. The molecular formula is C19H24N2O2. The molecule has 0 radical (unpaired) electrons. The number of carbonyl (C=O) groups is 1. The molecule has 1 N–H and O–H groups in total. The van der Waals surface area contributed by atoms with Gasteiger partial charge in [-0.1, -0.05) is 24.3 Å². The molecule has 1 atom stereocenters.